The highest BCUT2D eigenvalue weighted by molar-refractivity contribution is 6.31. The zero-order valence-corrected chi connectivity index (χ0v) is 11.2. The molecule has 0 saturated carbocycles. The van der Waals surface area contributed by atoms with Gasteiger partial charge in [-0.3, -0.25) is 10.1 Å². The summed E-state index contributed by atoms with van der Waals surface area (Å²) in [6, 6.07) is 10.5. The number of hydrogen-bond acceptors (Lipinski definition) is 3. The van der Waals surface area contributed by atoms with Crippen LogP contribution in [0.5, 0.6) is 0 Å². The van der Waals surface area contributed by atoms with E-state index in [1.807, 2.05) is 0 Å². The Hall–Kier alpha value is -2.14. The van der Waals surface area contributed by atoms with Crippen molar-refractivity contribution in [2.24, 2.45) is 0 Å². The minimum absolute atomic E-state index is 0.0199. The van der Waals surface area contributed by atoms with Crippen molar-refractivity contribution in [3.8, 4) is 0 Å². The summed E-state index contributed by atoms with van der Waals surface area (Å²) in [4.78, 5) is 10.4. The van der Waals surface area contributed by atoms with Gasteiger partial charge in [0.15, 0.2) is 0 Å². The Labute approximate surface area is 120 Å². The predicted octanol–water partition coefficient (Wildman–Crippen LogP) is 4.04. The van der Waals surface area contributed by atoms with Gasteiger partial charge >= 0.3 is 0 Å². The summed E-state index contributed by atoms with van der Waals surface area (Å²) >= 11 is 5.83. The molecular formula is C14H12ClFN2O2. The normalized spacial score (nSPS) is 10.3. The Morgan fingerprint density at radius 3 is 2.55 bits per heavy atom. The molecule has 1 N–H and O–H groups in total. The quantitative estimate of drug-likeness (QED) is 0.669. The maximum atomic E-state index is 12.8. The van der Waals surface area contributed by atoms with Crippen LogP contribution in [0, 0.1) is 15.9 Å². The fourth-order valence-corrected chi connectivity index (χ4v) is 1.97. The molecular weight excluding hydrogens is 283 g/mol. The molecule has 0 radical (unpaired) electrons. The van der Waals surface area contributed by atoms with E-state index < -0.39 is 4.92 Å². The second-order valence-corrected chi connectivity index (χ2v) is 4.66. The minimum atomic E-state index is -0.462. The molecule has 20 heavy (non-hydrogen) atoms. The SMILES string of the molecule is O=[N+]([O-])c1ccc(Cl)cc1NCCc1ccc(F)cc1. The lowest BCUT2D eigenvalue weighted by Crippen LogP contribution is -2.07. The standard InChI is InChI=1S/C14H12ClFN2O2/c15-11-3-6-14(18(19)20)13(9-11)17-8-7-10-1-4-12(16)5-2-10/h1-6,9,17H,7-8H2. The van der Waals surface area contributed by atoms with Gasteiger partial charge < -0.3 is 5.32 Å². The number of hydrogen-bond donors (Lipinski definition) is 1. The van der Waals surface area contributed by atoms with Crippen LogP contribution in [-0.4, -0.2) is 11.5 Å². The van der Waals surface area contributed by atoms with E-state index in [-0.39, 0.29) is 11.5 Å². The molecule has 0 aromatic heterocycles. The topological polar surface area (TPSA) is 55.2 Å². The van der Waals surface area contributed by atoms with Crippen molar-refractivity contribution in [3.05, 3.63) is 69.0 Å². The predicted molar refractivity (Wildman–Crippen MR) is 76.7 cm³/mol. The summed E-state index contributed by atoms with van der Waals surface area (Å²) in [5, 5.41) is 14.3. The van der Waals surface area contributed by atoms with Crippen LogP contribution in [0.15, 0.2) is 42.5 Å². The number of nitro benzene ring substituents is 1. The summed E-state index contributed by atoms with van der Waals surface area (Å²) in [7, 11) is 0. The maximum absolute atomic E-state index is 12.8. The second kappa shape index (κ2) is 6.34. The first-order chi connectivity index (χ1) is 9.56. The highest BCUT2D eigenvalue weighted by Crippen LogP contribution is 2.27. The van der Waals surface area contributed by atoms with Gasteiger partial charge in [-0.1, -0.05) is 23.7 Å². The van der Waals surface area contributed by atoms with Crippen molar-refractivity contribution < 1.29 is 9.31 Å². The van der Waals surface area contributed by atoms with Crippen molar-refractivity contribution >= 4 is 23.0 Å². The lowest BCUT2D eigenvalue weighted by molar-refractivity contribution is -0.384. The third-order valence-electron chi connectivity index (χ3n) is 2.80. The largest absolute Gasteiger partial charge is 0.379 e. The first-order valence-corrected chi connectivity index (χ1v) is 6.36. The number of halogens is 2. The van der Waals surface area contributed by atoms with Crippen molar-refractivity contribution in [2.45, 2.75) is 6.42 Å². The fraction of sp³-hybridized carbons (Fsp3) is 0.143. The smallest absolute Gasteiger partial charge is 0.292 e. The van der Waals surface area contributed by atoms with E-state index in [0.29, 0.717) is 23.7 Å². The van der Waals surface area contributed by atoms with E-state index in [9.17, 15) is 14.5 Å². The molecule has 104 valence electrons. The van der Waals surface area contributed by atoms with Crippen LogP contribution >= 0.6 is 11.6 Å². The van der Waals surface area contributed by atoms with Crippen LogP contribution in [0.2, 0.25) is 5.02 Å². The number of nitro groups is 1. The Kier molecular flexibility index (Phi) is 4.53. The number of nitrogens with one attached hydrogen (secondary N) is 1. The molecule has 0 spiro atoms. The lowest BCUT2D eigenvalue weighted by Gasteiger charge is -2.07. The fourth-order valence-electron chi connectivity index (χ4n) is 1.80. The Balaban J connectivity index is 2.02. The maximum Gasteiger partial charge on any atom is 0.292 e. The number of nitrogens with zero attached hydrogens (tertiary/aromatic N) is 1. The van der Waals surface area contributed by atoms with Crippen LogP contribution in [0.25, 0.3) is 0 Å². The molecule has 0 atom stereocenters. The van der Waals surface area contributed by atoms with Gasteiger partial charge in [-0.2, -0.15) is 0 Å². The monoisotopic (exact) mass is 294 g/mol. The number of benzene rings is 2. The van der Waals surface area contributed by atoms with E-state index in [4.69, 9.17) is 11.6 Å². The van der Waals surface area contributed by atoms with Gasteiger partial charge in [-0.15, -0.1) is 0 Å². The summed E-state index contributed by atoms with van der Waals surface area (Å²) in [5.41, 5.74) is 1.31. The zero-order valence-electron chi connectivity index (χ0n) is 10.5. The van der Waals surface area contributed by atoms with Crippen molar-refractivity contribution in [1.82, 2.24) is 0 Å². The first kappa shape index (κ1) is 14.3. The van der Waals surface area contributed by atoms with Crippen LogP contribution in [-0.2, 0) is 6.42 Å². The molecule has 6 heteroatoms. The Bertz CT molecular complexity index is 617. The third kappa shape index (κ3) is 3.68. The average Bonchev–Trinajstić information content (AvgIpc) is 2.41. The molecule has 0 aliphatic heterocycles. The highest BCUT2D eigenvalue weighted by atomic mass is 35.5. The van der Waals surface area contributed by atoms with Gasteiger partial charge in [0.1, 0.15) is 11.5 Å². The molecule has 0 aliphatic carbocycles. The molecule has 0 bridgehead atoms. The van der Waals surface area contributed by atoms with Crippen molar-refractivity contribution in [2.75, 3.05) is 11.9 Å². The van der Waals surface area contributed by atoms with Gasteiger partial charge in [0.05, 0.1) is 4.92 Å². The Morgan fingerprint density at radius 1 is 1.20 bits per heavy atom. The second-order valence-electron chi connectivity index (χ2n) is 4.22. The highest BCUT2D eigenvalue weighted by Gasteiger charge is 2.13. The summed E-state index contributed by atoms with van der Waals surface area (Å²) in [5.74, 6) is -0.285. The van der Waals surface area contributed by atoms with Gasteiger partial charge in [0.25, 0.3) is 5.69 Å². The summed E-state index contributed by atoms with van der Waals surface area (Å²) < 4.78 is 12.8. The van der Waals surface area contributed by atoms with Gasteiger partial charge in [0.2, 0.25) is 0 Å². The molecule has 0 unspecified atom stereocenters. The molecule has 0 saturated heterocycles. The summed E-state index contributed by atoms with van der Waals surface area (Å²) in [6.45, 7) is 0.493. The van der Waals surface area contributed by atoms with Gasteiger partial charge in [0, 0.05) is 17.6 Å². The average molecular weight is 295 g/mol. The molecule has 2 aromatic rings. The molecule has 0 fully saturated rings. The number of anilines is 1. The van der Waals surface area contributed by atoms with Crippen LogP contribution in [0.1, 0.15) is 5.56 Å². The molecule has 0 amide bonds. The van der Waals surface area contributed by atoms with E-state index in [1.54, 1.807) is 12.1 Å². The van der Waals surface area contributed by atoms with E-state index in [1.165, 1.54) is 30.3 Å². The molecule has 4 nitrogen and oxygen atoms in total. The third-order valence-corrected chi connectivity index (χ3v) is 3.03. The van der Waals surface area contributed by atoms with Crippen molar-refractivity contribution in [1.29, 1.82) is 0 Å². The number of rotatable bonds is 5. The van der Waals surface area contributed by atoms with Crippen LogP contribution in [0.3, 0.4) is 0 Å². The Morgan fingerprint density at radius 2 is 1.90 bits per heavy atom. The molecule has 2 aromatic carbocycles. The van der Waals surface area contributed by atoms with E-state index in [0.717, 1.165) is 5.56 Å². The van der Waals surface area contributed by atoms with Crippen LogP contribution < -0.4 is 5.32 Å². The summed E-state index contributed by atoms with van der Waals surface area (Å²) in [6.07, 6.45) is 0.629. The van der Waals surface area contributed by atoms with Gasteiger partial charge in [-0.25, -0.2) is 4.39 Å². The van der Waals surface area contributed by atoms with Gasteiger partial charge in [-0.05, 0) is 36.2 Å². The molecule has 0 aliphatic rings. The molecule has 2 rings (SSSR count). The zero-order chi connectivity index (χ0) is 14.5. The van der Waals surface area contributed by atoms with Crippen molar-refractivity contribution in [3.63, 3.8) is 0 Å². The van der Waals surface area contributed by atoms with Crippen LogP contribution in [0.4, 0.5) is 15.8 Å². The first-order valence-electron chi connectivity index (χ1n) is 5.98. The minimum Gasteiger partial charge on any atom is -0.379 e. The van der Waals surface area contributed by atoms with E-state index in [2.05, 4.69) is 5.32 Å². The lowest BCUT2D eigenvalue weighted by atomic mass is 10.1. The molecule has 0 heterocycles. The van der Waals surface area contributed by atoms with E-state index >= 15 is 0 Å².